The first kappa shape index (κ1) is 47.8. The van der Waals surface area contributed by atoms with Crippen LogP contribution in [0, 0.1) is 70.6 Å². The fourth-order valence-corrected chi connectivity index (χ4v) is 14.5. The molecule has 18 heteroatoms. The Morgan fingerprint density at radius 3 is 1.77 bits per heavy atom. The zero-order valence-corrected chi connectivity index (χ0v) is 39.4. The molecule has 10 fully saturated rings. The molecule has 0 radical (unpaired) electrons. The average molecular weight is 943 g/mol. The van der Waals surface area contributed by atoms with Gasteiger partial charge in [-0.25, -0.2) is 37.1 Å². The molecule has 2 aliphatic carbocycles. The van der Waals surface area contributed by atoms with E-state index in [0.717, 1.165) is 62.3 Å². The maximum atomic E-state index is 15.9. The molecule has 8 aliphatic heterocycles. The fourth-order valence-electron chi connectivity index (χ4n) is 13.3. The van der Waals surface area contributed by atoms with Crippen molar-refractivity contribution in [1.29, 1.82) is 0 Å². The Morgan fingerprint density at radius 1 is 0.754 bits per heavy atom. The van der Waals surface area contributed by atoms with Crippen LogP contribution in [0.15, 0.2) is 6.07 Å². The van der Waals surface area contributed by atoms with Gasteiger partial charge in [0.1, 0.15) is 12.2 Å². The van der Waals surface area contributed by atoms with Gasteiger partial charge in [0, 0.05) is 37.3 Å². The van der Waals surface area contributed by atoms with Crippen molar-refractivity contribution in [2.45, 2.75) is 172 Å². The van der Waals surface area contributed by atoms with Crippen molar-refractivity contribution < 1.29 is 70.4 Å². The number of hydrogen-bond donors (Lipinski definition) is 1. The largest absolute Gasteiger partial charge is 0.468 e. The second-order valence-electron chi connectivity index (χ2n) is 20.7. The summed E-state index contributed by atoms with van der Waals surface area (Å²) < 4.78 is 93.4. The summed E-state index contributed by atoms with van der Waals surface area (Å²) in [5, 5.41) is 1.09. The molecular weight excluding hydrogens is 877 g/mol. The van der Waals surface area contributed by atoms with Crippen molar-refractivity contribution in [2.24, 2.45) is 47.3 Å². The van der Waals surface area contributed by atoms with Gasteiger partial charge in [0.05, 0.1) is 19.3 Å². The van der Waals surface area contributed by atoms with E-state index >= 15 is 17.6 Å². The van der Waals surface area contributed by atoms with Gasteiger partial charge in [0.25, 0.3) is 5.91 Å². The van der Waals surface area contributed by atoms with Crippen LogP contribution in [-0.4, -0.2) is 90.8 Å². The van der Waals surface area contributed by atoms with Crippen LogP contribution >= 0.6 is 11.8 Å². The highest BCUT2D eigenvalue weighted by Crippen LogP contribution is 2.62. The number of methoxy groups -OCH3 is 1. The third kappa shape index (κ3) is 8.21. The molecule has 10 aliphatic rings. The number of carbonyl (C=O) groups excluding carboxylic acids is 2. The summed E-state index contributed by atoms with van der Waals surface area (Å²) in [5.41, 5.74) is -2.52. The number of ether oxygens (including phenoxy) is 5. The second-order valence-corrected chi connectivity index (χ2v) is 21.9. The minimum absolute atomic E-state index is 0.0310. The minimum atomic E-state index is -1.63. The summed E-state index contributed by atoms with van der Waals surface area (Å²) in [6, 6.07) is 0.149. The van der Waals surface area contributed by atoms with Crippen molar-refractivity contribution in [1.82, 2.24) is 5.32 Å². The van der Waals surface area contributed by atoms with Gasteiger partial charge in [-0.05, 0) is 119 Å². The first-order valence-corrected chi connectivity index (χ1v) is 25.0. The summed E-state index contributed by atoms with van der Waals surface area (Å²) in [4.78, 5) is 52.0. The predicted octanol–water partition coefficient (Wildman–Crippen LogP) is 8.46. The highest BCUT2D eigenvalue weighted by atomic mass is 32.2. The van der Waals surface area contributed by atoms with E-state index in [0.29, 0.717) is 43.9 Å². The lowest BCUT2D eigenvalue weighted by molar-refractivity contribution is -0.571. The van der Waals surface area contributed by atoms with Gasteiger partial charge in [0.2, 0.25) is 11.6 Å². The molecule has 8 saturated heterocycles. The Morgan fingerprint density at radius 2 is 1.26 bits per heavy atom. The summed E-state index contributed by atoms with van der Waals surface area (Å²) in [7, 11) is 1.16. The number of nitrogens with one attached hydrogen (secondary N) is 1. The predicted molar refractivity (Wildman–Crippen MR) is 227 cm³/mol. The molecule has 8 heterocycles. The van der Waals surface area contributed by atoms with Gasteiger partial charge in [-0.15, -0.1) is 11.8 Å². The van der Waals surface area contributed by atoms with Crippen molar-refractivity contribution >= 4 is 29.3 Å². The van der Waals surface area contributed by atoms with E-state index in [1.54, 1.807) is 0 Å². The van der Waals surface area contributed by atoms with Crippen LogP contribution in [0.1, 0.15) is 119 Å². The van der Waals surface area contributed by atoms with Crippen LogP contribution < -0.4 is 10.2 Å². The van der Waals surface area contributed by atoms with E-state index in [1.165, 1.54) is 0 Å². The number of thioether (sulfide) groups is 1. The fraction of sp³-hybridized carbons (Fsp3) is 0.830. The van der Waals surface area contributed by atoms with E-state index in [1.807, 2.05) is 13.8 Å². The average Bonchev–Trinajstić information content (AvgIpc) is 3.66. The highest BCUT2D eigenvalue weighted by molar-refractivity contribution is 8.00. The molecule has 1 N–H and O–H groups in total. The molecule has 2 spiro atoms. The van der Waals surface area contributed by atoms with Gasteiger partial charge in [-0.1, -0.05) is 27.7 Å². The smallest absolute Gasteiger partial charge is 0.325 e. The van der Waals surface area contributed by atoms with Crippen molar-refractivity contribution in [3.05, 3.63) is 29.3 Å². The molecule has 17 atom stereocenters. The number of rotatable bonds is 14. The minimum Gasteiger partial charge on any atom is -0.468 e. The highest BCUT2D eigenvalue weighted by Gasteiger charge is 2.70. The Labute approximate surface area is 383 Å². The van der Waals surface area contributed by atoms with Gasteiger partial charge < -0.3 is 33.9 Å². The lowest BCUT2D eigenvalue weighted by Crippen LogP contribution is -2.70. The van der Waals surface area contributed by atoms with Crippen molar-refractivity contribution in [3.8, 4) is 0 Å². The van der Waals surface area contributed by atoms with Crippen LogP contribution in [-0.2, 0) is 52.8 Å². The molecule has 11 rings (SSSR count). The van der Waals surface area contributed by atoms with E-state index in [-0.39, 0.29) is 72.5 Å². The Bertz CT molecular complexity index is 1930. The SMILES string of the molecule is COC(=O)CNC(=O)C(SCCCC1OC2OC3(C)CCC4C(C)CCC(C1C)C24OO3)N(CCCC1OC2OC3(C)CCC4C(C)CCC(C1C)C24OO3)c1c(F)c(F)cc(F)c1F. The molecule has 17 unspecified atom stereocenters. The quantitative estimate of drug-likeness (QED) is 0.0478. The molecule has 1 amide bonds. The number of fused-ring (bicyclic) bond motifs is 4. The molecule has 364 valence electrons. The number of benzene rings is 1. The number of carbonyl (C=O) groups is 2. The Balaban J connectivity index is 0.940. The van der Waals surface area contributed by atoms with Crippen LogP contribution in [0.25, 0.3) is 0 Å². The van der Waals surface area contributed by atoms with Gasteiger partial charge >= 0.3 is 5.97 Å². The van der Waals surface area contributed by atoms with Crippen molar-refractivity contribution in [2.75, 3.05) is 30.9 Å². The van der Waals surface area contributed by atoms with Crippen LogP contribution in [0.4, 0.5) is 23.2 Å². The van der Waals surface area contributed by atoms with E-state index in [2.05, 4.69) is 33.0 Å². The van der Waals surface area contributed by atoms with Gasteiger partial charge in [-0.2, -0.15) is 0 Å². The van der Waals surface area contributed by atoms with Gasteiger partial charge in [0.15, 0.2) is 52.4 Å². The zero-order valence-electron chi connectivity index (χ0n) is 38.5. The molecule has 0 aromatic heterocycles. The topological polar surface area (TPSA) is 132 Å². The van der Waals surface area contributed by atoms with Gasteiger partial charge in [-0.3, -0.25) is 9.59 Å². The Hall–Kier alpha value is -2.29. The zero-order chi connectivity index (χ0) is 46.2. The summed E-state index contributed by atoms with van der Waals surface area (Å²) in [6.07, 6.45) is 6.60. The number of esters is 1. The van der Waals surface area contributed by atoms with Crippen LogP contribution in [0.2, 0.25) is 0 Å². The summed E-state index contributed by atoms with van der Waals surface area (Å²) >= 11 is 1.06. The second kappa shape index (κ2) is 18.2. The van der Waals surface area contributed by atoms with E-state index in [4.69, 9.17) is 43.2 Å². The third-order valence-electron chi connectivity index (χ3n) is 16.9. The molecular formula is C47H66F4N2O11S. The molecule has 1 aromatic carbocycles. The Kier molecular flexibility index (Phi) is 13.4. The van der Waals surface area contributed by atoms with Crippen molar-refractivity contribution in [3.63, 3.8) is 0 Å². The lowest BCUT2D eigenvalue weighted by atomic mass is 9.57. The molecule has 13 nitrogen and oxygen atoms in total. The molecule has 65 heavy (non-hydrogen) atoms. The molecule has 1 aromatic rings. The third-order valence-corrected chi connectivity index (χ3v) is 18.2. The van der Waals surface area contributed by atoms with Crippen LogP contribution in [0.3, 0.4) is 0 Å². The summed E-state index contributed by atoms with van der Waals surface area (Å²) in [5.74, 6) is -8.34. The number of nitrogens with zero attached hydrogens (tertiary/aromatic N) is 1. The number of amides is 1. The normalized spacial score (nSPS) is 43.1. The molecule has 4 bridgehead atoms. The monoisotopic (exact) mass is 942 g/mol. The molecule has 2 saturated carbocycles. The standard InChI is InChI=1S/C47H66F4N2O11S/c1-24-12-14-30-26(3)34(57-42-46(30)28(24)16-18-44(5,59-42)61-63-46)10-8-20-53(39-37(50)32(48)22-33(49)38(39)51)41(40(55)52-23-36(54)56-7)65-21-9-11-35-27(4)31-15-13-25(2)29-17-19-45(6)60-43(58-35)47(29,31)64-62-45/h22,24-31,34-35,41-43H,8-21,23H2,1-7H3,(H,52,55). The maximum Gasteiger partial charge on any atom is 0.325 e. The lowest BCUT2D eigenvalue weighted by Gasteiger charge is -2.60. The number of halogens is 4. The number of hydrogen-bond acceptors (Lipinski definition) is 13. The first-order valence-electron chi connectivity index (χ1n) is 23.9. The number of anilines is 1. The van der Waals surface area contributed by atoms with Crippen LogP contribution in [0.5, 0.6) is 0 Å². The van der Waals surface area contributed by atoms with E-state index in [9.17, 15) is 9.59 Å². The summed E-state index contributed by atoms with van der Waals surface area (Å²) in [6.45, 7) is 11.7. The van der Waals surface area contributed by atoms with E-state index < -0.39 is 88.1 Å². The maximum absolute atomic E-state index is 15.9. The first-order chi connectivity index (χ1) is 30.9.